The molecular formula is C27H35N3O7. The van der Waals surface area contributed by atoms with Gasteiger partial charge in [0.1, 0.15) is 13.2 Å². The number of carboxylic acid groups (broad SMARTS) is 1. The van der Waals surface area contributed by atoms with Crippen LogP contribution in [0.25, 0.3) is 11.1 Å². The molecule has 0 atom stereocenters. The number of nitrogens with zero attached hydrogens (tertiary/aromatic N) is 2. The molecule has 200 valence electrons. The smallest absolute Gasteiger partial charge is 0.407 e. The quantitative estimate of drug-likeness (QED) is 0.372. The van der Waals surface area contributed by atoms with Crippen LogP contribution in [0.15, 0.2) is 48.5 Å². The summed E-state index contributed by atoms with van der Waals surface area (Å²) < 4.78 is 15.7. The third-order valence-electron chi connectivity index (χ3n) is 6.26. The second kappa shape index (κ2) is 14.3. The molecule has 0 radical (unpaired) electrons. The van der Waals surface area contributed by atoms with Gasteiger partial charge in [-0.3, -0.25) is 14.5 Å². The van der Waals surface area contributed by atoms with Gasteiger partial charge in [0, 0.05) is 46.3 Å². The number of amides is 2. The lowest BCUT2D eigenvalue weighted by molar-refractivity contribution is -0.145. The first-order valence-corrected chi connectivity index (χ1v) is 12.2. The van der Waals surface area contributed by atoms with Crippen LogP contribution in [-0.4, -0.2) is 106 Å². The first-order valence-electron chi connectivity index (χ1n) is 12.2. The van der Waals surface area contributed by atoms with E-state index in [-0.39, 0.29) is 38.1 Å². The van der Waals surface area contributed by atoms with Crippen LogP contribution in [0.2, 0.25) is 0 Å². The highest BCUT2D eigenvalue weighted by Gasteiger charge is 2.29. The molecular weight excluding hydrogens is 478 g/mol. The van der Waals surface area contributed by atoms with Gasteiger partial charge in [-0.05, 0) is 22.3 Å². The van der Waals surface area contributed by atoms with Gasteiger partial charge >= 0.3 is 12.1 Å². The average Bonchev–Trinajstić information content (AvgIpc) is 3.21. The second-order valence-electron chi connectivity index (χ2n) is 8.72. The van der Waals surface area contributed by atoms with Gasteiger partial charge in [0.25, 0.3) is 0 Å². The Balaban J connectivity index is 1.51. The van der Waals surface area contributed by atoms with Crippen LogP contribution in [0.4, 0.5) is 4.79 Å². The zero-order chi connectivity index (χ0) is 26.6. The van der Waals surface area contributed by atoms with E-state index in [2.05, 4.69) is 17.4 Å². The number of nitrogens with one attached hydrogen (secondary N) is 1. The maximum atomic E-state index is 12.8. The number of ether oxygens (including phenoxy) is 3. The first kappa shape index (κ1) is 28.1. The van der Waals surface area contributed by atoms with Crippen molar-refractivity contribution in [3.8, 4) is 11.1 Å². The van der Waals surface area contributed by atoms with Crippen molar-refractivity contribution < 1.29 is 33.7 Å². The molecule has 0 aromatic heterocycles. The van der Waals surface area contributed by atoms with Gasteiger partial charge in [0.15, 0.2) is 0 Å². The normalized spacial score (nSPS) is 12.2. The number of benzene rings is 2. The fourth-order valence-corrected chi connectivity index (χ4v) is 4.40. The van der Waals surface area contributed by atoms with Crippen LogP contribution in [0, 0.1) is 0 Å². The number of rotatable bonds is 15. The van der Waals surface area contributed by atoms with E-state index in [9.17, 15) is 19.5 Å². The summed E-state index contributed by atoms with van der Waals surface area (Å²) >= 11 is 0. The van der Waals surface area contributed by atoms with Crippen LogP contribution < -0.4 is 5.32 Å². The van der Waals surface area contributed by atoms with Crippen molar-refractivity contribution >= 4 is 18.0 Å². The topological polar surface area (TPSA) is 118 Å². The third-order valence-corrected chi connectivity index (χ3v) is 6.26. The maximum absolute atomic E-state index is 12.8. The number of aliphatic carboxylic acids is 1. The lowest BCUT2D eigenvalue weighted by atomic mass is 9.98. The Hall–Kier alpha value is -3.47. The second-order valence-corrected chi connectivity index (χ2v) is 8.72. The van der Waals surface area contributed by atoms with E-state index in [1.54, 1.807) is 14.2 Å². The molecule has 0 unspecified atom stereocenters. The van der Waals surface area contributed by atoms with Crippen molar-refractivity contribution in [1.29, 1.82) is 0 Å². The summed E-state index contributed by atoms with van der Waals surface area (Å²) in [6, 6.07) is 16.1. The molecule has 0 fully saturated rings. The molecule has 2 N–H and O–H groups in total. The van der Waals surface area contributed by atoms with Gasteiger partial charge in [-0.25, -0.2) is 4.79 Å². The standard InChI is InChI=1S/C27H35N3O7/c1-35-15-13-29(14-16-36-2)17-25(31)30(18-26(32)33)12-11-28-27(34)37-19-24-22-9-5-3-7-20(22)21-8-4-6-10-23(21)24/h3-10,24H,11-19H2,1-2H3,(H,28,34)(H,32,33). The lowest BCUT2D eigenvalue weighted by Crippen LogP contribution is -2.47. The highest BCUT2D eigenvalue weighted by atomic mass is 16.5. The van der Waals surface area contributed by atoms with Crippen molar-refractivity contribution in [1.82, 2.24) is 15.1 Å². The summed E-state index contributed by atoms with van der Waals surface area (Å²) in [6.07, 6.45) is -0.619. The largest absolute Gasteiger partial charge is 0.480 e. The van der Waals surface area contributed by atoms with E-state index in [4.69, 9.17) is 14.2 Å². The van der Waals surface area contributed by atoms with Crippen LogP contribution in [0.3, 0.4) is 0 Å². The zero-order valence-corrected chi connectivity index (χ0v) is 21.4. The number of carbonyl (C=O) groups is 3. The van der Waals surface area contributed by atoms with Crippen LogP contribution in [0.5, 0.6) is 0 Å². The Morgan fingerprint density at radius 1 is 0.865 bits per heavy atom. The maximum Gasteiger partial charge on any atom is 0.407 e. The summed E-state index contributed by atoms with van der Waals surface area (Å²) in [4.78, 5) is 39.6. The van der Waals surface area contributed by atoms with E-state index in [1.165, 1.54) is 4.90 Å². The predicted molar refractivity (Wildman–Crippen MR) is 137 cm³/mol. The molecule has 2 aromatic rings. The Bertz CT molecular complexity index is 1010. The molecule has 0 spiro atoms. The zero-order valence-electron chi connectivity index (χ0n) is 21.4. The summed E-state index contributed by atoms with van der Waals surface area (Å²) in [5.74, 6) is -1.55. The minimum absolute atomic E-state index is 0.0188. The minimum Gasteiger partial charge on any atom is -0.480 e. The van der Waals surface area contributed by atoms with Gasteiger partial charge in [0.05, 0.1) is 19.8 Å². The van der Waals surface area contributed by atoms with Gasteiger partial charge in [-0.2, -0.15) is 0 Å². The molecule has 0 heterocycles. The molecule has 2 amide bonds. The average molecular weight is 514 g/mol. The van der Waals surface area contributed by atoms with Gasteiger partial charge in [-0.15, -0.1) is 0 Å². The van der Waals surface area contributed by atoms with Gasteiger partial charge < -0.3 is 29.5 Å². The van der Waals surface area contributed by atoms with E-state index >= 15 is 0 Å². The molecule has 0 saturated carbocycles. The lowest BCUT2D eigenvalue weighted by Gasteiger charge is -2.26. The van der Waals surface area contributed by atoms with Crippen molar-refractivity contribution in [2.75, 3.05) is 73.3 Å². The SMILES string of the molecule is COCCN(CCOC)CC(=O)N(CCNC(=O)OCC1c2ccccc2-c2ccccc21)CC(=O)O. The number of carbonyl (C=O) groups excluding carboxylic acids is 2. The summed E-state index contributed by atoms with van der Waals surface area (Å²) in [7, 11) is 3.14. The number of hydrogen-bond acceptors (Lipinski definition) is 7. The fraction of sp³-hybridized carbons (Fsp3) is 0.444. The first-order chi connectivity index (χ1) is 17.9. The van der Waals surface area contributed by atoms with Gasteiger partial charge in [-0.1, -0.05) is 48.5 Å². The molecule has 3 rings (SSSR count). The van der Waals surface area contributed by atoms with Crippen molar-refractivity contribution in [2.45, 2.75) is 5.92 Å². The predicted octanol–water partition coefficient (Wildman–Crippen LogP) is 2.03. The Labute approximate surface area is 217 Å². The van der Waals surface area contributed by atoms with Crippen LogP contribution in [-0.2, 0) is 23.8 Å². The highest BCUT2D eigenvalue weighted by Crippen LogP contribution is 2.44. The molecule has 0 aliphatic heterocycles. The summed E-state index contributed by atoms with van der Waals surface area (Å²) in [5.41, 5.74) is 4.50. The molecule has 37 heavy (non-hydrogen) atoms. The summed E-state index contributed by atoms with van der Waals surface area (Å²) in [5, 5.41) is 11.9. The molecule has 1 aliphatic rings. The van der Waals surface area contributed by atoms with Crippen molar-refractivity contribution in [2.24, 2.45) is 0 Å². The van der Waals surface area contributed by atoms with Crippen LogP contribution in [0.1, 0.15) is 17.0 Å². The number of fused-ring (bicyclic) bond motifs is 3. The molecule has 2 aromatic carbocycles. The molecule has 0 bridgehead atoms. The number of methoxy groups -OCH3 is 2. The Morgan fingerprint density at radius 2 is 1.43 bits per heavy atom. The number of hydrogen-bond donors (Lipinski definition) is 2. The van der Waals surface area contributed by atoms with Gasteiger partial charge in [0.2, 0.25) is 5.91 Å². The third kappa shape index (κ3) is 8.01. The Kier molecular flexibility index (Phi) is 10.9. The van der Waals surface area contributed by atoms with Crippen LogP contribution >= 0.6 is 0 Å². The van der Waals surface area contributed by atoms with E-state index < -0.39 is 18.6 Å². The summed E-state index contributed by atoms with van der Waals surface area (Å²) in [6.45, 7) is 1.70. The molecule has 10 nitrogen and oxygen atoms in total. The van der Waals surface area contributed by atoms with E-state index in [1.807, 2.05) is 41.3 Å². The highest BCUT2D eigenvalue weighted by molar-refractivity contribution is 5.83. The Morgan fingerprint density at radius 3 is 1.97 bits per heavy atom. The molecule has 1 aliphatic carbocycles. The number of carboxylic acids is 1. The minimum atomic E-state index is -1.13. The molecule has 0 saturated heterocycles. The number of alkyl carbamates (subject to hydrolysis) is 1. The van der Waals surface area contributed by atoms with Crippen molar-refractivity contribution in [3.63, 3.8) is 0 Å². The molecule has 10 heteroatoms. The monoisotopic (exact) mass is 513 g/mol. The van der Waals surface area contributed by atoms with E-state index in [0.717, 1.165) is 22.3 Å². The fourth-order valence-electron chi connectivity index (χ4n) is 4.40. The van der Waals surface area contributed by atoms with Crippen molar-refractivity contribution in [3.05, 3.63) is 59.7 Å². The van der Waals surface area contributed by atoms with E-state index in [0.29, 0.717) is 26.3 Å².